The molecule has 2 fully saturated rings. The van der Waals surface area contributed by atoms with Crippen molar-refractivity contribution in [3.63, 3.8) is 0 Å². The molecule has 1 saturated heterocycles. The zero-order chi connectivity index (χ0) is 20.0. The highest BCUT2D eigenvalue weighted by atomic mass is 16.5. The summed E-state index contributed by atoms with van der Waals surface area (Å²) >= 11 is 0. The number of nitrogens with zero attached hydrogens (tertiary/aromatic N) is 3. The summed E-state index contributed by atoms with van der Waals surface area (Å²) in [7, 11) is 3.71. The second-order valence-corrected chi connectivity index (χ2v) is 7.53. The molecule has 1 heterocycles. The van der Waals surface area contributed by atoms with Crippen LogP contribution in [0.25, 0.3) is 0 Å². The second-order valence-electron chi connectivity index (χ2n) is 7.53. The van der Waals surface area contributed by atoms with Gasteiger partial charge in [-0.15, -0.1) is 0 Å². The lowest BCUT2D eigenvalue weighted by atomic mass is 9.85. The summed E-state index contributed by atoms with van der Waals surface area (Å²) in [6, 6.07) is 5.23. The summed E-state index contributed by atoms with van der Waals surface area (Å²) in [5.74, 6) is -1.67. The van der Waals surface area contributed by atoms with E-state index in [9.17, 15) is 14.4 Å². The topological polar surface area (TPSA) is 99.5 Å². The highest BCUT2D eigenvalue weighted by Crippen LogP contribution is 2.52. The number of carboxylic acids is 1. The summed E-state index contributed by atoms with van der Waals surface area (Å²) < 4.78 is 5.36. The van der Waals surface area contributed by atoms with Crippen LogP contribution in [0.15, 0.2) is 35.5 Å². The molecule has 0 spiro atoms. The average Bonchev–Trinajstić information content (AvgIpc) is 3.33. The number of carbonyl (C=O) groups is 3. The predicted molar refractivity (Wildman–Crippen MR) is 101 cm³/mol. The molecule has 2 amide bonds. The highest BCUT2D eigenvalue weighted by Gasteiger charge is 2.59. The van der Waals surface area contributed by atoms with Crippen molar-refractivity contribution in [1.82, 2.24) is 5.01 Å². The number of rotatable bonds is 6. The van der Waals surface area contributed by atoms with Gasteiger partial charge in [0.05, 0.1) is 18.1 Å². The van der Waals surface area contributed by atoms with Crippen LogP contribution in [0.3, 0.4) is 0 Å². The van der Waals surface area contributed by atoms with E-state index in [1.165, 1.54) is 6.21 Å². The number of fused-ring (bicyclic) bond motifs is 5. The van der Waals surface area contributed by atoms with E-state index < -0.39 is 12.6 Å². The molecule has 1 N–H and O–H groups in total. The van der Waals surface area contributed by atoms with Gasteiger partial charge in [-0.05, 0) is 30.4 Å². The SMILES string of the molecule is CN(C)c1ccc(C=NN2C(=O)[C@@H]3[C@H](C2=O)[C@H]2C=C[C@H]3C2)c(OCC(=O)O)c1. The minimum Gasteiger partial charge on any atom is -0.481 e. The molecule has 4 rings (SSSR count). The lowest BCUT2D eigenvalue weighted by Gasteiger charge is -2.16. The van der Waals surface area contributed by atoms with Gasteiger partial charge in [-0.25, -0.2) is 4.79 Å². The van der Waals surface area contributed by atoms with Crippen LogP contribution in [0.2, 0.25) is 0 Å². The number of carbonyl (C=O) groups excluding carboxylic acids is 2. The van der Waals surface area contributed by atoms with Gasteiger partial charge in [0.2, 0.25) is 0 Å². The molecule has 2 bridgehead atoms. The van der Waals surface area contributed by atoms with Crippen molar-refractivity contribution in [2.24, 2.45) is 28.8 Å². The van der Waals surface area contributed by atoms with E-state index in [1.807, 2.05) is 37.2 Å². The van der Waals surface area contributed by atoms with Crippen molar-refractivity contribution in [3.05, 3.63) is 35.9 Å². The predicted octanol–water partition coefficient (Wildman–Crippen LogP) is 1.36. The minimum atomic E-state index is -1.10. The number of hydrogen-bond donors (Lipinski definition) is 1. The zero-order valence-corrected chi connectivity index (χ0v) is 15.6. The summed E-state index contributed by atoms with van der Waals surface area (Å²) in [6.45, 7) is -0.502. The molecule has 1 aromatic rings. The van der Waals surface area contributed by atoms with Gasteiger partial charge in [-0.1, -0.05) is 12.2 Å². The first-order chi connectivity index (χ1) is 13.4. The van der Waals surface area contributed by atoms with Gasteiger partial charge in [0, 0.05) is 31.4 Å². The van der Waals surface area contributed by atoms with Crippen LogP contribution in [0, 0.1) is 23.7 Å². The van der Waals surface area contributed by atoms with E-state index in [0.29, 0.717) is 11.3 Å². The smallest absolute Gasteiger partial charge is 0.341 e. The molecule has 146 valence electrons. The van der Waals surface area contributed by atoms with Crippen LogP contribution in [0.1, 0.15) is 12.0 Å². The number of hydrazone groups is 1. The third-order valence-electron chi connectivity index (χ3n) is 5.62. The van der Waals surface area contributed by atoms with Gasteiger partial charge in [-0.3, -0.25) is 9.59 Å². The number of aliphatic carboxylic acids is 1. The Kier molecular flexibility index (Phi) is 4.41. The molecule has 1 saturated carbocycles. The summed E-state index contributed by atoms with van der Waals surface area (Å²) in [5, 5.41) is 14.0. The Balaban J connectivity index is 1.58. The summed E-state index contributed by atoms with van der Waals surface area (Å²) in [4.78, 5) is 38.1. The molecule has 0 unspecified atom stereocenters. The number of carboxylic acid groups (broad SMARTS) is 1. The number of amides is 2. The lowest BCUT2D eigenvalue weighted by molar-refractivity contribution is -0.141. The fourth-order valence-corrected chi connectivity index (χ4v) is 4.29. The van der Waals surface area contributed by atoms with Crippen molar-refractivity contribution in [2.75, 3.05) is 25.6 Å². The quantitative estimate of drug-likeness (QED) is 0.452. The second kappa shape index (κ2) is 6.78. The van der Waals surface area contributed by atoms with Gasteiger partial charge in [-0.2, -0.15) is 10.1 Å². The number of anilines is 1. The Morgan fingerprint density at radius 1 is 1.25 bits per heavy atom. The fourth-order valence-electron chi connectivity index (χ4n) is 4.29. The number of hydrogen-bond acceptors (Lipinski definition) is 6. The highest BCUT2D eigenvalue weighted by molar-refractivity contribution is 6.07. The van der Waals surface area contributed by atoms with Crippen LogP contribution in [0.5, 0.6) is 5.75 Å². The molecule has 1 aromatic carbocycles. The third-order valence-corrected chi connectivity index (χ3v) is 5.62. The standard InChI is InChI=1S/C20H21N3O5/c1-22(2)14-6-5-13(15(8-14)28-10-16(24)25)9-21-23-19(26)17-11-3-4-12(7-11)18(17)20(23)27/h3-6,8-9,11-12,17-18H,7,10H2,1-2H3,(H,24,25)/t11-,12-,17-,18+/m0/s1. The maximum absolute atomic E-state index is 12.7. The van der Waals surface area contributed by atoms with Crippen LogP contribution >= 0.6 is 0 Å². The van der Waals surface area contributed by atoms with Crippen LogP contribution in [-0.4, -0.2) is 54.8 Å². The van der Waals surface area contributed by atoms with Crippen LogP contribution in [0.4, 0.5) is 5.69 Å². The zero-order valence-electron chi connectivity index (χ0n) is 15.6. The monoisotopic (exact) mass is 383 g/mol. The average molecular weight is 383 g/mol. The van der Waals surface area contributed by atoms with Gasteiger partial charge in [0.1, 0.15) is 5.75 Å². The van der Waals surface area contributed by atoms with Gasteiger partial charge in [0.25, 0.3) is 11.8 Å². The Morgan fingerprint density at radius 2 is 1.89 bits per heavy atom. The molecular formula is C20H21N3O5. The lowest BCUT2D eigenvalue weighted by Crippen LogP contribution is -2.28. The summed E-state index contributed by atoms with van der Waals surface area (Å²) in [5.41, 5.74) is 1.31. The molecule has 8 nitrogen and oxygen atoms in total. The summed E-state index contributed by atoms with van der Waals surface area (Å²) in [6.07, 6.45) is 6.30. The van der Waals surface area contributed by atoms with Crippen molar-refractivity contribution < 1.29 is 24.2 Å². The largest absolute Gasteiger partial charge is 0.481 e. The fraction of sp³-hybridized carbons (Fsp3) is 0.400. The van der Waals surface area contributed by atoms with Gasteiger partial charge < -0.3 is 14.7 Å². The first-order valence-corrected chi connectivity index (χ1v) is 9.13. The van der Waals surface area contributed by atoms with E-state index >= 15 is 0 Å². The first-order valence-electron chi connectivity index (χ1n) is 9.13. The van der Waals surface area contributed by atoms with E-state index in [2.05, 4.69) is 5.10 Å². The molecule has 0 aromatic heterocycles. The number of benzene rings is 1. The molecule has 3 aliphatic rings. The maximum atomic E-state index is 12.7. The van der Waals surface area contributed by atoms with Crippen molar-refractivity contribution in [1.29, 1.82) is 0 Å². The Morgan fingerprint density at radius 3 is 2.46 bits per heavy atom. The first kappa shape index (κ1) is 18.2. The number of imide groups is 1. The number of allylic oxidation sites excluding steroid dienone is 2. The molecule has 1 aliphatic heterocycles. The Hall–Kier alpha value is -3.16. The van der Waals surface area contributed by atoms with Crippen molar-refractivity contribution >= 4 is 29.7 Å². The van der Waals surface area contributed by atoms with Gasteiger partial charge >= 0.3 is 5.97 Å². The maximum Gasteiger partial charge on any atom is 0.341 e. The number of ether oxygens (including phenoxy) is 1. The molecule has 8 heteroatoms. The molecule has 28 heavy (non-hydrogen) atoms. The normalized spacial score (nSPS) is 27.7. The Bertz CT molecular complexity index is 877. The van der Waals surface area contributed by atoms with E-state index in [1.54, 1.807) is 12.1 Å². The molecule has 2 aliphatic carbocycles. The third kappa shape index (κ3) is 2.94. The van der Waals surface area contributed by atoms with Crippen LogP contribution < -0.4 is 9.64 Å². The Labute approximate surface area is 162 Å². The van der Waals surface area contributed by atoms with Gasteiger partial charge in [0.15, 0.2) is 6.61 Å². The van der Waals surface area contributed by atoms with E-state index in [0.717, 1.165) is 17.1 Å². The van der Waals surface area contributed by atoms with Crippen molar-refractivity contribution in [3.8, 4) is 5.75 Å². The van der Waals surface area contributed by atoms with Crippen LogP contribution in [-0.2, 0) is 14.4 Å². The molecular weight excluding hydrogens is 362 g/mol. The molecule has 4 atom stereocenters. The molecule has 0 radical (unpaired) electrons. The minimum absolute atomic E-state index is 0.125. The van der Waals surface area contributed by atoms with E-state index in [-0.39, 0.29) is 35.5 Å². The van der Waals surface area contributed by atoms with Crippen molar-refractivity contribution in [2.45, 2.75) is 6.42 Å². The van der Waals surface area contributed by atoms with E-state index in [4.69, 9.17) is 9.84 Å².